The van der Waals surface area contributed by atoms with Crippen LogP contribution < -0.4 is 16.0 Å². The highest BCUT2D eigenvalue weighted by molar-refractivity contribution is 5.94. The van der Waals surface area contributed by atoms with Crippen molar-refractivity contribution in [1.82, 2.24) is 20.5 Å². The molecule has 0 radical (unpaired) electrons. The van der Waals surface area contributed by atoms with Crippen LogP contribution in [0.5, 0.6) is 0 Å². The van der Waals surface area contributed by atoms with Gasteiger partial charge in [0.1, 0.15) is 5.76 Å². The molecule has 1 amide bonds. The molecule has 0 bridgehead atoms. The van der Waals surface area contributed by atoms with Gasteiger partial charge in [-0.2, -0.15) is 0 Å². The number of para-hydroxylation sites is 1. The predicted molar refractivity (Wildman–Crippen MR) is 126 cm³/mol. The summed E-state index contributed by atoms with van der Waals surface area (Å²) < 4.78 is 5.73. The first-order chi connectivity index (χ1) is 15.5. The minimum absolute atomic E-state index is 0.0697. The van der Waals surface area contributed by atoms with E-state index in [4.69, 9.17) is 4.42 Å². The molecule has 0 spiro atoms. The van der Waals surface area contributed by atoms with Crippen LogP contribution in [0.1, 0.15) is 48.1 Å². The molecule has 8 nitrogen and oxygen atoms in total. The molecule has 4 rings (SSSR count). The van der Waals surface area contributed by atoms with Gasteiger partial charge < -0.3 is 20.4 Å². The molecule has 172 valence electrons. The topological polar surface area (TPSA) is 94.8 Å². The van der Waals surface area contributed by atoms with Crippen molar-refractivity contribution in [3.05, 3.63) is 47.2 Å². The number of carbonyl (C=O) groups excluding carboxylic acids is 1. The number of amides is 1. The highest BCUT2D eigenvalue weighted by Crippen LogP contribution is 2.31. The molecular weight excluding hydrogens is 404 g/mol. The van der Waals surface area contributed by atoms with Gasteiger partial charge in [-0.25, -0.2) is 4.98 Å². The Morgan fingerprint density at radius 3 is 2.69 bits per heavy atom. The third-order valence-corrected chi connectivity index (χ3v) is 6.54. The Hall–Kier alpha value is -2.87. The first-order valence-corrected chi connectivity index (χ1v) is 11.5. The van der Waals surface area contributed by atoms with E-state index in [0.717, 1.165) is 68.0 Å². The number of aliphatic imine (C=N–C) groups is 1. The number of aryl methyl sites for hydroxylation is 2. The fourth-order valence-electron chi connectivity index (χ4n) is 4.51. The predicted octanol–water partition coefficient (Wildman–Crippen LogP) is 2.79. The number of nitrogens with zero attached hydrogens (tertiary/aromatic N) is 3. The zero-order chi connectivity index (χ0) is 22.5. The van der Waals surface area contributed by atoms with E-state index in [9.17, 15) is 4.79 Å². The average molecular weight is 439 g/mol. The lowest BCUT2D eigenvalue weighted by atomic mass is 9.90. The molecule has 1 unspecified atom stereocenters. The number of likely N-dealkylation sites (tertiary alicyclic amines) is 1. The molecular formula is C24H34N6O2. The van der Waals surface area contributed by atoms with Gasteiger partial charge in [0.15, 0.2) is 5.96 Å². The number of benzene rings is 1. The summed E-state index contributed by atoms with van der Waals surface area (Å²) in [5, 5.41) is 9.85. The fourth-order valence-corrected chi connectivity index (χ4v) is 4.51. The molecule has 0 aliphatic carbocycles. The van der Waals surface area contributed by atoms with E-state index >= 15 is 0 Å². The molecule has 0 saturated carbocycles. The van der Waals surface area contributed by atoms with Crippen LogP contribution in [-0.2, 0) is 11.3 Å². The molecule has 8 heteroatoms. The molecule has 2 aromatic rings. The summed E-state index contributed by atoms with van der Waals surface area (Å²) in [5.41, 5.74) is 3.08. The number of anilines is 1. The third kappa shape index (κ3) is 5.48. The fraction of sp³-hybridized carbons (Fsp3) is 0.542. The monoisotopic (exact) mass is 438 g/mol. The Morgan fingerprint density at radius 1 is 1.22 bits per heavy atom. The summed E-state index contributed by atoms with van der Waals surface area (Å²) in [6.07, 6.45) is 2.76. The molecule has 3 heterocycles. The Morgan fingerprint density at radius 2 is 1.97 bits per heavy atom. The number of rotatable bonds is 6. The van der Waals surface area contributed by atoms with Crippen molar-refractivity contribution in [1.29, 1.82) is 0 Å². The van der Waals surface area contributed by atoms with Crippen molar-refractivity contribution in [2.45, 2.75) is 45.6 Å². The number of carbonyl (C=O) groups is 1. The molecule has 1 aromatic heterocycles. The molecule has 1 aromatic carbocycles. The van der Waals surface area contributed by atoms with Crippen molar-refractivity contribution in [2.24, 2.45) is 10.9 Å². The lowest BCUT2D eigenvalue weighted by molar-refractivity contribution is -0.116. The number of piperidine rings is 1. The average Bonchev–Trinajstić information content (AvgIpc) is 3.11. The van der Waals surface area contributed by atoms with Gasteiger partial charge in [0.25, 0.3) is 0 Å². The minimum Gasteiger partial charge on any atom is -0.444 e. The summed E-state index contributed by atoms with van der Waals surface area (Å²) in [5.74, 6) is 3.35. The van der Waals surface area contributed by atoms with Crippen molar-refractivity contribution in [3.63, 3.8) is 0 Å². The van der Waals surface area contributed by atoms with Crippen LogP contribution in [0.4, 0.5) is 5.69 Å². The number of hydrogen-bond acceptors (Lipinski definition) is 5. The first-order valence-electron chi connectivity index (χ1n) is 11.5. The summed E-state index contributed by atoms with van der Waals surface area (Å²) in [6, 6.07) is 8.02. The lowest BCUT2D eigenvalue weighted by Crippen LogP contribution is -2.44. The standard InChI is InChI=1S/C24H34N6O2/c1-16-17(2)32-23(28-16)15-30-10-8-18(9-11-30)13-26-24(25-3)27-14-19-12-22(31)29-21-7-5-4-6-20(19)21/h4-7,18-19H,8-15H2,1-3H3,(H,29,31)(H2,25,26,27). The van der Waals surface area contributed by atoms with Gasteiger partial charge in [-0.1, -0.05) is 18.2 Å². The maximum atomic E-state index is 12.0. The Balaban J connectivity index is 1.21. The van der Waals surface area contributed by atoms with E-state index in [1.807, 2.05) is 32.0 Å². The first kappa shape index (κ1) is 22.3. The van der Waals surface area contributed by atoms with Gasteiger partial charge in [-0.3, -0.25) is 14.7 Å². The number of hydrogen-bond donors (Lipinski definition) is 3. The second-order valence-corrected chi connectivity index (χ2v) is 8.84. The molecule has 2 aliphatic rings. The molecule has 3 N–H and O–H groups in total. The highest BCUT2D eigenvalue weighted by atomic mass is 16.4. The number of guanidine groups is 1. The quantitative estimate of drug-likeness (QED) is 0.474. The highest BCUT2D eigenvalue weighted by Gasteiger charge is 2.25. The minimum atomic E-state index is 0.0697. The largest absolute Gasteiger partial charge is 0.444 e. The van der Waals surface area contributed by atoms with Crippen LogP contribution in [0.25, 0.3) is 0 Å². The number of nitrogens with one attached hydrogen (secondary N) is 3. The van der Waals surface area contributed by atoms with E-state index in [2.05, 4.69) is 36.9 Å². The van der Waals surface area contributed by atoms with Gasteiger partial charge in [0.2, 0.25) is 11.8 Å². The van der Waals surface area contributed by atoms with Crippen molar-refractivity contribution < 1.29 is 9.21 Å². The second-order valence-electron chi connectivity index (χ2n) is 8.84. The van der Waals surface area contributed by atoms with Crippen LogP contribution in [0.15, 0.2) is 33.7 Å². The molecule has 1 atom stereocenters. The maximum Gasteiger partial charge on any atom is 0.225 e. The summed E-state index contributed by atoms with van der Waals surface area (Å²) in [6.45, 7) is 8.41. The van der Waals surface area contributed by atoms with E-state index in [1.54, 1.807) is 7.05 Å². The normalized spacial score (nSPS) is 20.0. The van der Waals surface area contributed by atoms with Crippen LogP contribution in [0.3, 0.4) is 0 Å². The van der Waals surface area contributed by atoms with Crippen LogP contribution in [-0.4, -0.2) is 55.0 Å². The van der Waals surface area contributed by atoms with Crippen LogP contribution in [0.2, 0.25) is 0 Å². The number of fused-ring (bicyclic) bond motifs is 1. The molecule has 2 aliphatic heterocycles. The zero-order valence-electron chi connectivity index (χ0n) is 19.3. The summed E-state index contributed by atoms with van der Waals surface area (Å²) in [7, 11) is 1.79. The van der Waals surface area contributed by atoms with E-state index in [1.165, 1.54) is 5.56 Å². The van der Waals surface area contributed by atoms with Gasteiger partial charge in [-0.15, -0.1) is 0 Å². The van der Waals surface area contributed by atoms with Crippen molar-refractivity contribution in [2.75, 3.05) is 38.5 Å². The summed E-state index contributed by atoms with van der Waals surface area (Å²) in [4.78, 5) is 23.3. The van der Waals surface area contributed by atoms with Gasteiger partial charge in [0.05, 0.1) is 12.2 Å². The maximum absolute atomic E-state index is 12.0. The van der Waals surface area contributed by atoms with Crippen molar-refractivity contribution in [3.8, 4) is 0 Å². The second kappa shape index (κ2) is 10.2. The van der Waals surface area contributed by atoms with E-state index in [0.29, 0.717) is 18.9 Å². The SMILES string of the molecule is CN=C(NCC1CCN(Cc2nc(C)c(C)o2)CC1)NCC1CC(=O)Nc2ccccc21. The third-order valence-electron chi connectivity index (χ3n) is 6.54. The number of aromatic nitrogens is 1. The van der Waals surface area contributed by atoms with Gasteiger partial charge >= 0.3 is 0 Å². The Bertz CT molecular complexity index is 942. The van der Waals surface area contributed by atoms with Crippen molar-refractivity contribution >= 4 is 17.6 Å². The molecule has 1 fully saturated rings. The van der Waals surface area contributed by atoms with Crippen LogP contribution in [0, 0.1) is 19.8 Å². The zero-order valence-corrected chi connectivity index (χ0v) is 19.3. The molecule has 1 saturated heterocycles. The van der Waals surface area contributed by atoms with Gasteiger partial charge in [-0.05, 0) is 57.3 Å². The van der Waals surface area contributed by atoms with Crippen LogP contribution >= 0.6 is 0 Å². The Labute approximate surface area is 189 Å². The van der Waals surface area contributed by atoms with Gasteiger partial charge in [0, 0.05) is 38.2 Å². The number of oxazole rings is 1. The van der Waals surface area contributed by atoms with E-state index < -0.39 is 0 Å². The lowest BCUT2D eigenvalue weighted by Gasteiger charge is -2.31. The van der Waals surface area contributed by atoms with E-state index in [-0.39, 0.29) is 11.8 Å². The smallest absolute Gasteiger partial charge is 0.225 e. The molecule has 32 heavy (non-hydrogen) atoms. The Kier molecular flexibility index (Phi) is 7.09. The summed E-state index contributed by atoms with van der Waals surface area (Å²) >= 11 is 0.